The lowest BCUT2D eigenvalue weighted by atomic mass is 10.1. The fourth-order valence-corrected chi connectivity index (χ4v) is 1.11. The SMILES string of the molecule is CCCCCC(N)C(=O)OC(C)(C)C. The van der Waals surface area contributed by atoms with Crippen LogP contribution in [0.5, 0.6) is 0 Å². The number of carbonyl (C=O) groups excluding carboxylic acids is 1. The average molecular weight is 201 g/mol. The second-order valence-corrected chi connectivity index (χ2v) is 4.64. The Balaban J connectivity index is 3.77. The standard InChI is InChI=1S/C11H23NO2/c1-5-6-7-8-9(12)10(13)14-11(2,3)4/h9H,5-8,12H2,1-4H3. The quantitative estimate of drug-likeness (QED) is 0.548. The van der Waals surface area contributed by atoms with Crippen LogP contribution in [0.3, 0.4) is 0 Å². The largest absolute Gasteiger partial charge is 0.459 e. The molecule has 1 atom stereocenters. The molecular weight excluding hydrogens is 178 g/mol. The lowest BCUT2D eigenvalue weighted by Crippen LogP contribution is -2.37. The molecule has 0 radical (unpaired) electrons. The molecule has 3 heteroatoms. The molecule has 0 heterocycles. The van der Waals surface area contributed by atoms with E-state index >= 15 is 0 Å². The van der Waals surface area contributed by atoms with Crippen molar-refractivity contribution in [3.8, 4) is 0 Å². The summed E-state index contributed by atoms with van der Waals surface area (Å²) in [6, 6.07) is -0.458. The molecule has 0 saturated heterocycles. The molecule has 0 aliphatic carbocycles. The molecular formula is C11H23NO2. The number of carbonyl (C=O) groups is 1. The second-order valence-electron chi connectivity index (χ2n) is 4.64. The molecule has 1 unspecified atom stereocenters. The number of ether oxygens (including phenoxy) is 1. The number of rotatable bonds is 5. The summed E-state index contributed by atoms with van der Waals surface area (Å²) in [6.45, 7) is 7.68. The number of hydrogen-bond donors (Lipinski definition) is 1. The predicted molar refractivity (Wildman–Crippen MR) is 58.0 cm³/mol. The van der Waals surface area contributed by atoms with Crippen LogP contribution in [0.15, 0.2) is 0 Å². The Morgan fingerprint density at radius 2 is 1.93 bits per heavy atom. The van der Waals surface area contributed by atoms with Gasteiger partial charge in [0, 0.05) is 0 Å². The Morgan fingerprint density at radius 1 is 1.36 bits per heavy atom. The molecule has 2 N–H and O–H groups in total. The van der Waals surface area contributed by atoms with E-state index in [0.29, 0.717) is 0 Å². The van der Waals surface area contributed by atoms with Crippen LogP contribution < -0.4 is 5.73 Å². The van der Waals surface area contributed by atoms with E-state index in [2.05, 4.69) is 6.92 Å². The van der Waals surface area contributed by atoms with Gasteiger partial charge in [-0.15, -0.1) is 0 Å². The molecule has 3 nitrogen and oxygen atoms in total. The van der Waals surface area contributed by atoms with Crippen molar-refractivity contribution in [2.75, 3.05) is 0 Å². The van der Waals surface area contributed by atoms with E-state index in [1.165, 1.54) is 0 Å². The third kappa shape index (κ3) is 6.89. The third-order valence-corrected chi connectivity index (χ3v) is 1.83. The zero-order chi connectivity index (χ0) is 11.2. The first-order valence-electron chi connectivity index (χ1n) is 5.35. The highest BCUT2D eigenvalue weighted by molar-refractivity contribution is 5.75. The van der Waals surface area contributed by atoms with Gasteiger partial charge in [0.1, 0.15) is 11.6 Å². The molecule has 14 heavy (non-hydrogen) atoms. The summed E-state index contributed by atoms with van der Waals surface area (Å²) < 4.78 is 5.17. The zero-order valence-corrected chi connectivity index (χ0v) is 9.80. The van der Waals surface area contributed by atoms with E-state index in [9.17, 15) is 4.79 Å². The lowest BCUT2D eigenvalue weighted by molar-refractivity contribution is -0.156. The summed E-state index contributed by atoms with van der Waals surface area (Å²) in [5, 5.41) is 0. The monoisotopic (exact) mass is 201 g/mol. The molecule has 0 aromatic rings. The van der Waals surface area contributed by atoms with Gasteiger partial charge in [-0.2, -0.15) is 0 Å². The van der Waals surface area contributed by atoms with Gasteiger partial charge in [0.15, 0.2) is 0 Å². The summed E-state index contributed by atoms with van der Waals surface area (Å²) in [4.78, 5) is 11.4. The van der Waals surface area contributed by atoms with Crippen LogP contribution in [0, 0.1) is 0 Å². The Hall–Kier alpha value is -0.570. The molecule has 0 aliphatic heterocycles. The minimum Gasteiger partial charge on any atom is -0.459 e. The van der Waals surface area contributed by atoms with Gasteiger partial charge in [-0.25, -0.2) is 0 Å². The van der Waals surface area contributed by atoms with E-state index in [4.69, 9.17) is 10.5 Å². The van der Waals surface area contributed by atoms with Gasteiger partial charge in [0.25, 0.3) is 0 Å². The van der Waals surface area contributed by atoms with Gasteiger partial charge in [-0.1, -0.05) is 26.2 Å². The molecule has 0 aromatic carbocycles. The Kier molecular flexibility index (Phi) is 5.77. The topological polar surface area (TPSA) is 52.3 Å². The third-order valence-electron chi connectivity index (χ3n) is 1.83. The summed E-state index contributed by atoms with van der Waals surface area (Å²) in [5.74, 6) is -0.284. The van der Waals surface area contributed by atoms with Crippen molar-refractivity contribution in [2.45, 2.75) is 65.0 Å². The van der Waals surface area contributed by atoms with E-state index in [1.807, 2.05) is 20.8 Å². The highest BCUT2D eigenvalue weighted by atomic mass is 16.6. The molecule has 0 aromatic heterocycles. The molecule has 0 bridgehead atoms. The van der Waals surface area contributed by atoms with Gasteiger partial charge in [-0.05, 0) is 27.2 Å². The van der Waals surface area contributed by atoms with Crippen LogP contribution in [0.4, 0.5) is 0 Å². The molecule has 0 amide bonds. The molecule has 0 fully saturated rings. The van der Waals surface area contributed by atoms with Crippen LogP contribution in [0.1, 0.15) is 53.4 Å². The minimum absolute atomic E-state index is 0.284. The fourth-order valence-electron chi connectivity index (χ4n) is 1.11. The summed E-state index contributed by atoms with van der Waals surface area (Å²) in [6.07, 6.45) is 3.98. The van der Waals surface area contributed by atoms with E-state index in [-0.39, 0.29) is 5.97 Å². The predicted octanol–water partition coefficient (Wildman–Crippen LogP) is 2.24. The van der Waals surface area contributed by atoms with Crippen molar-refractivity contribution in [3.05, 3.63) is 0 Å². The number of unbranched alkanes of at least 4 members (excludes halogenated alkanes) is 2. The average Bonchev–Trinajstić information content (AvgIpc) is 2.01. The van der Waals surface area contributed by atoms with Crippen molar-refractivity contribution in [3.63, 3.8) is 0 Å². The van der Waals surface area contributed by atoms with Crippen molar-refractivity contribution in [1.82, 2.24) is 0 Å². The first-order valence-corrected chi connectivity index (χ1v) is 5.35. The molecule has 0 rings (SSSR count). The van der Waals surface area contributed by atoms with Crippen molar-refractivity contribution in [1.29, 1.82) is 0 Å². The van der Waals surface area contributed by atoms with E-state index in [0.717, 1.165) is 25.7 Å². The maximum atomic E-state index is 11.4. The van der Waals surface area contributed by atoms with Crippen molar-refractivity contribution in [2.24, 2.45) is 5.73 Å². The number of hydrogen-bond acceptors (Lipinski definition) is 3. The maximum absolute atomic E-state index is 11.4. The van der Waals surface area contributed by atoms with Crippen LogP contribution in [0.2, 0.25) is 0 Å². The highest BCUT2D eigenvalue weighted by Gasteiger charge is 2.21. The lowest BCUT2D eigenvalue weighted by Gasteiger charge is -2.22. The van der Waals surface area contributed by atoms with Gasteiger partial charge < -0.3 is 10.5 Å². The summed E-state index contributed by atoms with van der Waals surface area (Å²) in [7, 11) is 0. The van der Waals surface area contributed by atoms with Crippen LogP contribution in [-0.2, 0) is 9.53 Å². The van der Waals surface area contributed by atoms with Crippen LogP contribution >= 0.6 is 0 Å². The van der Waals surface area contributed by atoms with Crippen molar-refractivity contribution < 1.29 is 9.53 Å². The van der Waals surface area contributed by atoms with Gasteiger partial charge in [0.2, 0.25) is 0 Å². The van der Waals surface area contributed by atoms with Gasteiger partial charge in [0.05, 0.1) is 0 Å². The summed E-state index contributed by atoms with van der Waals surface area (Å²) in [5.41, 5.74) is 5.26. The Bertz CT molecular complexity index is 173. The molecule has 0 aliphatic rings. The van der Waals surface area contributed by atoms with Crippen molar-refractivity contribution >= 4 is 5.97 Å². The Morgan fingerprint density at radius 3 is 2.36 bits per heavy atom. The zero-order valence-electron chi connectivity index (χ0n) is 9.80. The number of esters is 1. The smallest absolute Gasteiger partial charge is 0.323 e. The van der Waals surface area contributed by atoms with Gasteiger partial charge in [-0.3, -0.25) is 4.79 Å². The fraction of sp³-hybridized carbons (Fsp3) is 0.909. The van der Waals surface area contributed by atoms with Crippen LogP contribution in [-0.4, -0.2) is 17.6 Å². The normalized spacial score (nSPS) is 13.8. The van der Waals surface area contributed by atoms with E-state index in [1.54, 1.807) is 0 Å². The molecule has 0 spiro atoms. The molecule has 0 saturated carbocycles. The molecule has 84 valence electrons. The van der Waals surface area contributed by atoms with Gasteiger partial charge >= 0.3 is 5.97 Å². The van der Waals surface area contributed by atoms with E-state index < -0.39 is 11.6 Å². The minimum atomic E-state index is -0.458. The first-order chi connectivity index (χ1) is 6.37. The number of nitrogens with two attached hydrogens (primary N) is 1. The maximum Gasteiger partial charge on any atom is 0.323 e. The highest BCUT2D eigenvalue weighted by Crippen LogP contribution is 2.10. The first kappa shape index (κ1) is 13.4. The van der Waals surface area contributed by atoms with Crippen LogP contribution in [0.25, 0.3) is 0 Å². The summed E-state index contributed by atoms with van der Waals surface area (Å²) >= 11 is 0. The second kappa shape index (κ2) is 6.02. The Labute approximate surface area is 87.0 Å².